The number of hydrogen-bond acceptors (Lipinski definition) is 4. The quantitative estimate of drug-likeness (QED) is 0.472. The number of benzene rings is 2. The second kappa shape index (κ2) is 8.02. The number of nitrogens with one attached hydrogen (secondary N) is 2. The molecule has 0 atom stereocenters. The number of ether oxygens (including phenoxy) is 1. The van der Waals surface area contributed by atoms with E-state index in [0.717, 1.165) is 0 Å². The minimum absolute atomic E-state index is 0.0600. The van der Waals surface area contributed by atoms with Crippen LogP contribution in [0.4, 0.5) is 5.69 Å². The van der Waals surface area contributed by atoms with Crippen LogP contribution in [0.1, 0.15) is 10.4 Å². The lowest BCUT2D eigenvalue weighted by Crippen LogP contribution is -2.34. The Labute approximate surface area is 162 Å². The summed E-state index contributed by atoms with van der Waals surface area (Å²) in [6.07, 6.45) is 0. The van der Waals surface area contributed by atoms with Gasteiger partial charge in [-0.3, -0.25) is 10.1 Å². The molecule has 0 spiro atoms. The highest BCUT2D eigenvalue weighted by atomic mass is 79.9. The van der Waals surface area contributed by atoms with Gasteiger partial charge in [0.1, 0.15) is 5.75 Å². The van der Waals surface area contributed by atoms with Gasteiger partial charge in [0.05, 0.1) is 21.6 Å². The molecule has 2 aromatic carbocycles. The van der Waals surface area contributed by atoms with Gasteiger partial charge in [-0.25, -0.2) is 0 Å². The molecule has 0 bridgehead atoms. The van der Waals surface area contributed by atoms with Crippen molar-refractivity contribution in [3.8, 4) is 11.5 Å². The molecule has 3 N–H and O–H groups in total. The number of methoxy groups -OCH3 is 1. The fraction of sp³-hybridized carbons (Fsp3) is 0.0667. The van der Waals surface area contributed by atoms with Gasteiger partial charge in [0.2, 0.25) is 0 Å². The molecule has 24 heavy (non-hydrogen) atoms. The van der Waals surface area contributed by atoms with Crippen LogP contribution in [0, 0.1) is 0 Å². The van der Waals surface area contributed by atoms with E-state index in [1.807, 2.05) is 0 Å². The molecule has 0 aliphatic carbocycles. The largest absolute Gasteiger partial charge is 0.505 e. The van der Waals surface area contributed by atoms with Crippen LogP contribution in [0.2, 0.25) is 10.0 Å². The van der Waals surface area contributed by atoms with Gasteiger partial charge in [0.25, 0.3) is 5.91 Å². The molecule has 0 radical (unpaired) electrons. The standard InChI is InChI=1S/C15H11BrCl2N2O3S/c1-23-12-3-2-7(4-9(12)16)14(22)20-15(24)19-8-5-10(17)13(21)11(18)6-8/h2-6,21H,1H3,(H2,19,20,22,24). The van der Waals surface area contributed by atoms with Crippen molar-refractivity contribution in [3.63, 3.8) is 0 Å². The summed E-state index contributed by atoms with van der Waals surface area (Å²) in [7, 11) is 1.53. The third-order valence-corrected chi connectivity index (χ3v) is 4.32. The predicted molar refractivity (Wildman–Crippen MR) is 103 cm³/mol. The monoisotopic (exact) mass is 448 g/mol. The molecule has 126 valence electrons. The summed E-state index contributed by atoms with van der Waals surface area (Å²) in [4.78, 5) is 12.2. The van der Waals surface area contributed by atoms with Gasteiger partial charge < -0.3 is 15.2 Å². The summed E-state index contributed by atoms with van der Waals surface area (Å²) in [5, 5.41) is 15.0. The molecule has 0 fully saturated rings. The van der Waals surface area contributed by atoms with E-state index in [-0.39, 0.29) is 20.9 Å². The highest BCUT2D eigenvalue weighted by Crippen LogP contribution is 2.34. The minimum Gasteiger partial charge on any atom is -0.505 e. The van der Waals surface area contributed by atoms with Crippen LogP contribution in [-0.2, 0) is 0 Å². The van der Waals surface area contributed by atoms with E-state index >= 15 is 0 Å². The summed E-state index contributed by atoms with van der Waals surface area (Å²) in [6, 6.07) is 7.76. The molecule has 2 aromatic rings. The first kappa shape index (κ1) is 18.8. The Morgan fingerprint density at radius 2 is 1.88 bits per heavy atom. The summed E-state index contributed by atoms with van der Waals surface area (Å²) < 4.78 is 5.76. The molecule has 0 heterocycles. The van der Waals surface area contributed by atoms with E-state index in [2.05, 4.69) is 26.6 Å². The Morgan fingerprint density at radius 3 is 2.42 bits per heavy atom. The lowest BCUT2D eigenvalue weighted by molar-refractivity contribution is 0.0977. The first-order valence-corrected chi connectivity index (χ1v) is 8.41. The lowest BCUT2D eigenvalue weighted by Gasteiger charge is -2.11. The zero-order chi connectivity index (χ0) is 17.9. The average molecular weight is 450 g/mol. The normalized spacial score (nSPS) is 10.2. The van der Waals surface area contributed by atoms with Crippen LogP contribution < -0.4 is 15.4 Å². The van der Waals surface area contributed by atoms with Crippen molar-refractivity contribution in [1.82, 2.24) is 5.32 Å². The number of halogens is 3. The number of anilines is 1. The van der Waals surface area contributed by atoms with Gasteiger partial charge in [-0.1, -0.05) is 23.2 Å². The maximum Gasteiger partial charge on any atom is 0.257 e. The van der Waals surface area contributed by atoms with E-state index in [0.29, 0.717) is 21.5 Å². The average Bonchev–Trinajstić information content (AvgIpc) is 2.52. The van der Waals surface area contributed by atoms with Gasteiger partial charge >= 0.3 is 0 Å². The molecule has 0 aliphatic rings. The molecule has 5 nitrogen and oxygen atoms in total. The Kier molecular flexibility index (Phi) is 6.28. The maximum absolute atomic E-state index is 12.2. The number of thiocarbonyl (C=S) groups is 1. The zero-order valence-electron chi connectivity index (χ0n) is 12.2. The van der Waals surface area contributed by atoms with Crippen molar-refractivity contribution >= 4 is 68.1 Å². The number of phenols is 1. The Morgan fingerprint density at radius 1 is 1.25 bits per heavy atom. The molecule has 2 rings (SSSR count). The molecule has 0 saturated carbocycles. The van der Waals surface area contributed by atoms with E-state index in [9.17, 15) is 9.90 Å². The summed E-state index contributed by atoms with van der Waals surface area (Å²) >= 11 is 20.1. The van der Waals surface area contributed by atoms with Crippen LogP contribution in [0.5, 0.6) is 11.5 Å². The van der Waals surface area contributed by atoms with E-state index < -0.39 is 5.91 Å². The molecule has 1 amide bonds. The third kappa shape index (κ3) is 4.51. The van der Waals surface area contributed by atoms with Crippen molar-refractivity contribution in [3.05, 3.63) is 50.4 Å². The number of carbonyl (C=O) groups is 1. The maximum atomic E-state index is 12.2. The number of hydrogen-bond donors (Lipinski definition) is 3. The highest BCUT2D eigenvalue weighted by molar-refractivity contribution is 9.10. The second-order valence-electron chi connectivity index (χ2n) is 4.55. The Bertz CT molecular complexity index is 794. The number of rotatable bonds is 3. The van der Waals surface area contributed by atoms with E-state index in [1.54, 1.807) is 18.2 Å². The summed E-state index contributed by atoms with van der Waals surface area (Å²) in [6.45, 7) is 0. The molecule has 0 saturated heterocycles. The van der Waals surface area contributed by atoms with Crippen LogP contribution >= 0.6 is 51.3 Å². The summed E-state index contributed by atoms with van der Waals surface area (Å²) in [5.41, 5.74) is 0.831. The highest BCUT2D eigenvalue weighted by Gasteiger charge is 2.12. The van der Waals surface area contributed by atoms with Crippen molar-refractivity contribution in [2.75, 3.05) is 12.4 Å². The SMILES string of the molecule is COc1ccc(C(=O)NC(=S)Nc2cc(Cl)c(O)c(Cl)c2)cc1Br. The zero-order valence-corrected chi connectivity index (χ0v) is 16.1. The van der Waals surface area contributed by atoms with Crippen LogP contribution in [0.3, 0.4) is 0 Å². The van der Waals surface area contributed by atoms with E-state index in [4.69, 9.17) is 40.2 Å². The summed E-state index contributed by atoms with van der Waals surface area (Å²) in [5.74, 6) is -0.00521. The van der Waals surface area contributed by atoms with Crippen molar-refractivity contribution in [2.45, 2.75) is 0 Å². The van der Waals surface area contributed by atoms with Crippen LogP contribution in [0.15, 0.2) is 34.8 Å². The van der Waals surface area contributed by atoms with E-state index in [1.165, 1.54) is 19.2 Å². The molecular weight excluding hydrogens is 439 g/mol. The number of carbonyl (C=O) groups excluding carboxylic acids is 1. The molecule has 0 unspecified atom stereocenters. The smallest absolute Gasteiger partial charge is 0.257 e. The Balaban J connectivity index is 2.07. The first-order valence-electron chi connectivity index (χ1n) is 6.45. The van der Waals surface area contributed by atoms with Crippen LogP contribution in [0.25, 0.3) is 0 Å². The minimum atomic E-state index is -0.396. The van der Waals surface area contributed by atoms with Crippen LogP contribution in [-0.4, -0.2) is 23.2 Å². The van der Waals surface area contributed by atoms with Crippen molar-refractivity contribution < 1.29 is 14.6 Å². The Hall–Kier alpha value is -1.54. The molecule has 0 aromatic heterocycles. The van der Waals surface area contributed by atoms with Crippen molar-refractivity contribution in [2.24, 2.45) is 0 Å². The first-order chi connectivity index (χ1) is 11.3. The van der Waals surface area contributed by atoms with Gasteiger partial charge in [0.15, 0.2) is 10.9 Å². The topological polar surface area (TPSA) is 70.6 Å². The molecule has 0 aliphatic heterocycles. The third-order valence-electron chi connectivity index (χ3n) is 2.92. The number of amides is 1. The predicted octanol–water partition coefficient (Wildman–Crippen LogP) is 4.60. The molecule has 9 heteroatoms. The van der Waals surface area contributed by atoms with Gasteiger partial charge in [-0.05, 0) is 58.5 Å². The number of phenolic OH excluding ortho intramolecular Hbond substituents is 1. The van der Waals surface area contributed by atoms with Gasteiger partial charge in [0, 0.05) is 11.3 Å². The second-order valence-corrected chi connectivity index (χ2v) is 6.62. The fourth-order valence-corrected chi connectivity index (χ4v) is 3.02. The van der Waals surface area contributed by atoms with Gasteiger partial charge in [-0.2, -0.15) is 0 Å². The van der Waals surface area contributed by atoms with Gasteiger partial charge in [-0.15, -0.1) is 0 Å². The lowest BCUT2D eigenvalue weighted by atomic mass is 10.2. The molecular formula is C15H11BrCl2N2O3S. The fourth-order valence-electron chi connectivity index (χ4n) is 1.78. The van der Waals surface area contributed by atoms with Crippen molar-refractivity contribution in [1.29, 1.82) is 0 Å². The number of aromatic hydroxyl groups is 1.